The molecular weight excluding hydrogens is 340 g/mol. The van der Waals surface area contributed by atoms with Crippen LogP contribution in [-0.4, -0.2) is 33.4 Å². The summed E-state index contributed by atoms with van der Waals surface area (Å²) in [7, 11) is 3.97. The highest BCUT2D eigenvalue weighted by atomic mass is 16.3. The van der Waals surface area contributed by atoms with Gasteiger partial charge in [0.05, 0.1) is 29.4 Å². The molecule has 0 saturated carbocycles. The van der Waals surface area contributed by atoms with Crippen molar-refractivity contribution in [2.24, 2.45) is 19.2 Å². The number of aromatic nitrogens is 2. The van der Waals surface area contributed by atoms with Gasteiger partial charge in [-0.1, -0.05) is 0 Å². The molecule has 0 spiro atoms. The number of anilines is 3. The van der Waals surface area contributed by atoms with Gasteiger partial charge in [0, 0.05) is 32.0 Å². The van der Waals surface area contributed by atoms with Crippen molar-refractivity contribution >= 4 is 28.1 Å². The zero-order valence-electron chi connectivity index (χ0n) is 15.8. The van der Waals surface area contributed by atoms with Crippen LogP contribution >= 0.6 is 0 Å². The van der Waals surface area contributed by atoms with Gasteiger partial charge < -0.3 is 24.9 Å². The van der Waals surface area contributed by atoms with E-state index in [4.69, 9.17) is 5.73 Å². The molecule has 3 aromatic rings. The quantitative estimate of drug-likeness (QED) is 0.487. The molecule has 1 fully saturated rings. The van der Waals surface area contributed by atoms with E-state index in [1.165, 1.54) is 0 Å². The number of rotatable bonds is 4. The Morgan fingerprint density at radius 2 is 1.85 bits per heavy atom. The second-order valence-corrected chi connectivity index (χ2v) is 7.11. The molecule has 2 aromatic carbocycles. The van der Waals surface area contributed by atoms with Gasteiger partial charge in [0.2, 0.25) is 5.62 Å². The molecule has 7 nitrogen and oxygen atoms in total. The fraction of sp³-hybridized carbons (Fsp3) is 0.350. The minimum Gasteiger partial charge on any atom is -0.399 e. The molecule has 0 radical (unpaired) electrons. The van der Waals surface area contributed by atoms with Crippen molar-refractivity contribution in [3.05, 3.63) is 48.1 Å². The van der Waals surface area contributed by atoms with E-state index in [1.54, 1.807) is 0 Å². The molecular formula is C20H26N6O. The molecule has 0 amide bonds. The fourth-order valence-electron chi connectivity index (χ4n) is 3.89. The van der Waals surface area contributed by atoms with E-state index in [-0.39, 0.29) is 12.6 Å². The first-order valence-electron chi connectivity index (χ1n) is 9.26. The molecule has 1 unspecified atom stereocenters. The van der Waals surface area contributed by atoms with Crippen LogP contribution in [-0.2, 0) is 14.1 Å². The molecule has 27 heavy (non-hydrogen) atoms. The zero-order chi connectivity index (χ0) is 19.0. The summed E-state index contributed by atoms with van der Waals surface area (Å²) in [4.78, 5) is 2.27. The molecule has 1 aliphatic rings. The van der Waals surface area contributed by atoms with Crippen LogP contribution in [0.25, 0.3) is 11.0 Å². The number of nitrogens with zero attached hydrogens (tertiary/aromatic N) is 4. The van der Waals surface area contributed by atoms with Gasteiger partial charge in [-0.25, -0.2) is 0 Å². The topological polar surface area (TPSA) is 83.7 Å². The maximum atomic E-state index is 9.51. The van der Waals surface area contributed by atoms with E-state index < -0.39 is 0 Å². The van der Waals surface area contributed by atoms with Crippen molar-refractivity contribution in [2.45, 2.75) is 18.9 Å². The average Bonchev–Trinajstić information content (AvgIpc) is 3.24. The lowest BCUT2D eigenvalue weighted by Crippen LogP contribution is -2.31. The van der Waals surface area contributed by atoms with Crippen LogP contribution in [0, 0.1) is 0 Å². The molecule has 1 saturated heterocycles. The highest BCUT2D eigenvalue weighted by Gasteiger charge is 2.23. The normalized spacial score (nSPS) is 17.8. The van der Waals surface area contributed by atoms with Gasteiger partial charge in [0.15, 0.2) is 0 Å². The number of nitrogen functional groups attached to an aromatic ring is 1. The van der Waals surface area contributed by atoms with Gasteiger partial charge in [-0.3, -0.25) is 5.43 Å². The summed E-state index contributed by atoms with van der Waals surface area (Å²) >= 11 is 0. The Morgan fingerprint density at radius 1 is 1.11 bits per heavy atom. The second kappa shape index (κ2) is 7.00. The number of imidazole rings is 1. The molecule has 1 atom stereocenters. The summed E-state index contributed by atoms with van der Waals surface area (Å²) in [5.74, 6) is 0. The van der Waals surface area contributed by atoms with Crippen LogP contribution in [0.1, 0.15) is 12.8 Å². The second-order valence-electron chi connectivity index (χ2n) is 7.11. The number of aliphatic hydroxyl groups excluding tert-OH is 1. The van der Waals surface area contributed by atoms with Gasteiger partial charge in [-0.05, 0) is 55.3 Å². The lowest BCUT2D eigenvalue weighted by atomic mass is 10.2. The van der Waals surface area contributed by atoms with Crippen LogP contribution in [0.4, 0.5) is 17.1 Å². The van der Waals surface area contributed by atoms with Crippen molar-refractivity contribution in [3.63, 3.8) is 0 Å². The highest BCUT2D eigenvalue weighted by molar-refractivity contribution is 5.79. The van der Waals surface area contributed by atoms with Gasteiger partial charge in [-0.15, -0.1) is 5.10 Å². The van der Waals surface area contributed by atoms with Gasteiger partial charge in [0.1, 0.15) is 0 Å². The molecule has 4 rings (SSSR count). The molecule has 1 aliphatic heterocycles. The number of aliphatic hydroxyl groups is 1. The standard InChI is InChI=1S/C20H26N6O/c1-24-18-10-5-14(21)12-19(18)25(2)20(24)23-22-15-6-8-16(9-7-15)26-11-3-4-17(26)13-27/h5-10,12,17,22,27H,3-4,11,13,21H2,1-2H3. The highest BCUT2D eigenvalue weighted by Crippen LogP contribution is 2.26. The van der Waals surface area contributed by atoms with Crippen molar-refractivity contribution in [3.8, 4) is 0 Å². The van der Waals surface area contributed by atoms with Gasteiger partial charge >= 0.3 is 0 Å². The molecule has 0 aliphatic carbocycles. The third-order valence-electron chi connectivity index (χ3n) is 5.39. The van der Waals surface area contributed by atoms with Crippen LogP contribution in [0.5, 0.6) is 0 Å². The Kier molecular flexibility index (Phi) is 4.53. The predicted octanol–water partition coefficient (Wildman–Crippen LogP) is 1.99. The van der Waals surface area contributed by atoms with Crippen LogP contribution in [0.2, 0.25) is 0 Å². The number of aryl methyl sites for hydroxylation is 2. The number of hydrogen-bond acceptors (Lipinski definition) is 5. The summed E-state index contributed by atoms with van der Waals surface area (Å²) in [5, 5.41) is 14.1. The van der Waals surface area contributed by atoms with Gasteiger partial charge in [-0.2, -0.15) is 0 Å². The number of nitrogens with two attached hydrogens (primary N) is 1. The van der Waals surface area contributed by atoms with Crippen LogP contribution in [0.3, 0.4) is 0 Å². The largest absolute Gasteiger partial charge is 0.399 e. The van der Waals surface area contributed by atoms with E-state index in [0.29, 0.717) is 0 Å². The first kappa shape index (κ1) is 17.5. The third-order valence-corrected chi connectivity index (χ3v) is 5.39. The summed E-state index contributed by atoms with van der Waals surface area (Å²) in [6.07, 6.45) is 2.18. The molecule has 2 heterocycles. The molecule has 142 valence electrons. The molecule has 4 N–H and O–H groups in total. The first-order chi connectivity index (χ1) is 13.1. The number of hydrogen-bond donors (Lipinski definition) is 3. The minimum absolute atomic E-state index is 0.206. The summed E-state index contributed by atoms with van der Waals surface area (Å²) < 4.78 is 4.05. The summed E-state index contributed by atoms with van der Waals surface area (Å²) in [5.41, 5.74) is 14.8. The smallest absolute Gasteiger partial charge is 0.227 e. The van der Waals surface area contributed by atoms with Crippen LogP contribution in [0.15, 0.2) is 47.6 Å². The Morgan fingerprint density at radius 3 is 2.59 bits per heavy atom. The van der Waals surface area contributed by atoms with E-state index >= 15 is 0 Å². The maximum absolute atomic E-state index is 9.51. The van der Waals surface area contributed by atoms with E-state index in [2.05, 4.69) is 27.6 Å². The fourth-order valence-corrected chi connectivity index (χ4v) is 3.89. The van der Waals surface area contributed by atoms with Crippen molar-refractivity contribution in [1.82, 2.24) is 9.13 Å². The summed E-state index contributed by atoms with van der Waals surface area (Å²) in [6.45, 7) is 1.20. The zero-order valence-corrected chi connectivity index (χ0v) is 15.8. The number of benzene rings is 2. The number of nitrogens with one attached hydrogen (secondary N) is 1. The molecule has 1 aromatic heterocycles. The minimum atomic E-state index is 0.206. The monoisotopic (exact) mass is 366 g/mol. The van der Waals surface area contributed by atoms with Gasteiger partial charge in [0.25, 0.3) is 0 Å². The number of fused-ring (bicyclic) bond motifs is 1. The molecule has 7 heteroatoms. The first-order valence-corrected chi connectivity index (χ1v) is 9.26. The van der Waals surface area contributed by atoms with E-state index in [0.717, 1.165) is 53.1 Å². The Labute approximate surface area is 158 Å². The van der Waals surface area contributed by atoms with Crippen molar-refractivity contribution < 1.29 is 5.11 Å². The van der Waals surface area contributed by atoms with Crippen LogP contribution < -0.4 is 21.7 Å². The SMILES string of the molecule is Cn1c(=NNc2ccc(N3CCCC3CO)cc2)n(C)c2cc(N)ccc21. The summed E-state index contributed by atoms with van der Waals surface area (Å²) in [6, 6.07) is 14.3. The van der Waals surface area contributed by atoms with E-state index in [1.807, 2.05) is 53.6 Å². The lowest BCUT2D eigenvalue weighted by molar-refractivity contribution is 0.266. The average molecular weight is 366 g/mol. The van der Waals surface area contributed by atoms with Crippen molar-refractivity contribution in [2.75, 3.05) is 29.2 Å². The lowest BCUT2D eigenvalue weighted by Gasteiger charge is -2.25. The third kappa shape index (κ3) is 3.14. The predicted molar refractivity (Wildman–Crippen MR) is 109 cm³/mol. The van der Waals surface area contributed by atoms with Crippen molar-refractivity contribution in [1.29, 1.82) is 0 Å². The Hall–Kier alpha value is -2.93. The molecule has 0 bridgehead atoms. The Balaban J connectivity index is 1.59. The van der Waals surface area contributed by atoms with E-state index in [9.17, 15) is 5.11 Å². The maximum Gasteiger partial charge on any atom is 0.227 e. The Bertz CT molecular complexity index is 1020.